The van der Waals surface area contributed by atoms with E-state index in [-0.39, 0.29) is 23.1 Å². The van der Waals surface area contributed by atoms with E-state index in [4.69, 9.17) is 21.1 Å². The van der Waals surface area contributed by atoms with Gasteiger partial charge in [0, 0.05) is 10.7 Å². The van der Waals surface area contributed by atoms with E-state index in [0.29, 0.717) is 26.9 Å². The molecule has 0 atom stereocenters. The quantitative estimate of drug-likeness (QED) is 0.468. The number of carbonyl (C=O) groups is 3. The van der Waals surface area contributed by atoms with Crippen LogP contribution in [0.4, 0.5) is 10.7 Å². The molecule has 2 aromatic carbocycles. The van der Waals surface area contributed by atoms with Gasteiger partial charge in [0.1, 0.15) is 10.8 Å². The lowest BCUT2D eigenvalue weighted by molar-refractivity contribution is -0.118. The fourth-order valence-corrected chi connectivity index (χ4v) is 4.13. The number of ether oxygens (including phenoxy) is 2. The van der Waals surface area contributed by atoms with Crippen LogP contribution in [0, 0.1) is 13.8 Å². The van der Waals surface area contributed by atoms with E-state index in [1.807, 2.05) is 25.1 Å². The number of carbonyl (C=O) groups excluding carboxylic acids is 3. The van der Waals surface area contributed by atoms with Gasteiger partial charge in [-0.1, -0.05) is 29.8 Å². The number of amides is 2. The summed E-state index contributed by atoms with van der Waals surface area (Å²) < 4.78 is 10.3. The van der Waals surface area contributed by atoms with Gasteiger partial charge in [-0.15, -0.1) is 11.3 Å². The lowest BCUT2D eigenvalue weighted by Gasteiger charge is -2.08. The molecule has 0 fully saturated rings. The molecule has 0 unspecified atom stereocenters. The second-order valence-corrected chi connectivity index (χ2v) is 8.27. The highest BCUT2D eigenvalue weighted by Gasteiger charge is 2.26. The number of rotatable bonds is 7. The minimum absolute atomic E-state index is 0.132. The summed E-state index contributed by atoms with van der Waals surface area (Å²) in [5.41, 5.74) is 2.11. The van der Waals surface area contributed by atoms with Crippen molar-refractivity contribution in [2.24, 2.45) is 0 Å². The first kappa shape index (κ1) is 23.3. The van der Waals surface area contributed by atoms with E-state index in [9.17, 15) is 14.4 Å². The van der Waals surface area contributed by atoms with Gasteiger partial charge in [-0.05, 0) is 55.3 Å². The molecular weight excluding hydrogens is 452 g/mol. The van der Waals surface area contributed by atoms with Crippen molar-refractivity contribution in [1.29, 1.82) is 0 Å². The van der Waals surface area contributed by atoms with Crippen LogP contribution in [0.5, 0.6) is 5.75 Å². The monoisotopic (exact) mass is 472 g/mol. The highest BCUT2D eigenvalue weighted by atomic mass is 35.5. The van der Waals surface area contributed by atoms with Gasteiger partial charge in [-0.25, -0.2) is 4.79 Å². The van der Waals surface area contributed by atoms with Crippen LogP contribution in [0.15, 0.2) is 48.5 Å². The molecule has 1 aromatic heterocycles. The Balaban J connectivity index is 1.79. The van der Waals surface area contributed by atoms with Crippen LogP contribution in [0.2, 0.25) is 5.02 Å². The van der Waals surface area contributed by atoms with Crippen molar-refractivity contribution in [3.8, 4) is 5.75 Å². The Morgan fingerprint density at radius 1 is 1.00 bits per heavy atom. The maximum atomic E-state index is 12.9. The van der Waals surface area contributed by atoms with E-state index < -0.39 is 11.9 Å². The molecule has 0 aliphatic rings. The fourth-order valence-electron chi connectivity index (χ4n) is 2.90. The number of aryl methyl sites for hydroxylation is 1. The number of halogens is 1. The number of benzene rings is 2. The first-order valence-electron chi connectivity index (χ1n) is 9.57. The minimum Gasteiger partial charge on any atom is -0.484 e. The molecule has 3 aromatic rings. The van der Waals surface area contributed by atoms with Gasteiger partial charge in [0.15, 0.2) is 6.61 Å². The van der Waals surface area contributed by atoms with Crippen LogP contribution < -0.4 is 15.4 Å². The maximum Gasteiger partial charge on any atom is 0.341 e. The molecule has 0 spiro atoms. The van der Waals surface area contributed by atoms with Crippen LogP contribution in [0.3, 0.4) is 0 Å². The number of methoxy groups -OCH3 is 1. The molecule has 0 saturated carbocycles. The van der Waals surface area contributed by atoms with Crippen molar-refractivity contribution < 1.29 is 23.9 Å². The number of nitrogens with one attached hydrogen (secondary N) is 2. The largest absolute Gasteiger partial charge is 0.484 e. The average Bonchev–Trinajstić information content (AvgIpc) is 3.10. The molecule has 0 saturated heterocycles. The van der Waals surface area contributed by atoms with Crippen LogP contribution in [-0.2, 0) is 9.53 Å². The average molecular weight is 473 g/mol. The summed E-state index contributed by atoms with van der Waals surface area (Å²) in [6.07, 6.45) is 0. The number of thiophene rings is 1. The number of hydrogen-bond acceptors (Lipinski definition) is 6. The molecule has 2 N–H and O–H groups in total. The second-order valence-electron chi connectivity index (χ2n) is 6.81. The lowest BCUT2D eigenvalue weighted by atomic mass is 10.1. The number of esters is 1. The zero-order valence-corrected chi connectivity index (χ0v) is 19.2. The SMILES string of the molecule is COC(=O)c1c(NC(=O)COc2ccc(Cl)cc2)sc(C(=O)Nc2ccccc2C)c1C. The summed E-state index contributed by atoms with van der Waals surface area (Å²) in [4.78, 5) is 38.0. The Kier molecular flexibility index (Phi) is 7.50. The highest BCUT2D eigenvalue weighted by molar-refractivity contribution is 7.19. The standard InChI is InChI=1S/C23H21ClN2O5S/c1-13-6-4-5-7-17(13)25-21(28)20-14(2)19(23(29)30-3)22(32-20)26-18(27)12-31-16-10-8-15(24)9-11-16/h4-11H,12H2,1-3H3,(H,25,28)(H,26,27). The van der Waals surface area contributed by atoms with Crippen molar-refractivity contribution in [2.45, 2.75) is 13.8 Å². The summed E-state index contributed by atoms with van der Waals surface area (Å²) in [5.74, 6) is -1.05. The molecule has 0 aliphatic heterocycles. The molecule has 2 amide bonds. The van der Waals surface area contributed by atoms with Gasteiger partial charge in [0.25, 0.3) is 11.8 Å². The van der Waals surface area contributed by atoms with Crippen molar-refractivity contribution in [2.75, 3.05) is 24.4 Å². The maximum absolute atomic E-state index is 12.9. The zero-order valence-electron chi connectivity index (χ0n) is 17.7. The third-order valence-corrected chi connectivity index (χ3v) is 6.03. The van der Waals surface area contributed by atoms with Crippen molar-refractivity contribution in [1.82, 2.24) is 0 Å². The summed E-state index contributed by atoms with van der Waals surface area (Å²) >= 11 is 6.83. The van der Waals surface area contributed by atoms with Gasteiger partial charge in [0.05, 0.1) is 17.6 Å². The minimum atomic E-state index is -0.650. The molecule has 166 valence electrons. The van der Waals surface area contributed by atoms with Gasteiger partial charge in [0.2, 0.25) is 0 Å². The van der Waals surface area contributed by atoms with Gasteiger partial charge in [-0.2, -0.15) is 0 Å². The topological polar surface area (TPSA) is 93.7 Å². The summed E-state index contributed by atoms with van der Waals surface area (Å²) in [6.45, 7) is 3.22. The smallest absolute Gasteiger partial charge is 0.341 e. The fraction of sp³-hybridized carbons (Fsp3) is 0.174. The van der Waals surface area contributed by atoms with Crippen molar-refractivity contribution >= 4 is 51.4 Å². The third-order valence-electron chi connectivity index (χ3n) is 4.57. The summed E-state index contributed by atoms with van der Waals surface area (Å²) in [5, 5.41) is 6.25. The number of hydrogen-bond donors (Lipinski definition) is 2. The molecule has 7 nitrogen and oxygen atoms in total. The third kappa shape index (κ3) is 5.46. The molecule has 32 heavy (non-hydrogen) atoms. The van der Waals surface area contributed by atoms with Crippen molar-refractivity contribution in [3.05, 3.63) is 75.1 Å². The summed E-state index contributed by atoms with van der Waals surface area (Å²) in [6, 6.07) is 13.9. The van der Waals surface area contributed by atoms with Crippen molar-refractivity contribution in [3.63, 3.8) is 0 Å². The number of para-hydroxylation sites is 1. The van der Waals surface area contributed by atoms with Gasteiger partial charge < -0.3 is 20.1 Å². The molecule has 1 heterocycles. The zero-order chi connectivity index (χ0) is 23.3. The van der Waals surface area contributed by atoms with Crippen LogP contribution >= 0.6 is 22.9 Å². The normalized spacial score (nSPS) is 10.4. The van der Waals surface area contributed by atoms with Crippen LogP contribution in [0.25, 0.3) is 0 Å². The van der Waals surface area contributed by atoms with E-state index in [1.54, 1.807) is 37.3 Å². The van der Waals surface area contributed by atoms with Gasteiger partial charge >= 0.3 is 5.97 Å². The van der Waals surface area contributed by atoms with Gasteiger partial charge in [-0.3, -0.25) is 9.59 Å². The van der Waals surface area contributed by atoms with E-state index >= 15 is 0 Å². The molecule has 9 heteroatoms. The molecule has 0 bridgehead atoms. The Morgan fingerprint density at radius 3 is 2.34 bits per heavy atom. The predicted octanol–water partition coefficient (Wildman–Crippen LogP) is 5.07. The van der Waals surface area contributed by atoms with Crippen LogP contribution in [-0.4, -0.2) is 31.5 Å². The molecule has 3 rings (SSSR count). The van der Waals surface area contributed by atoms with E-state index in [2.05, 4.69) is 10.6 Å². The molecule has 0 radical (unpaired) electrons. The first-order chi connectivity index (χ1) is 15.3. The summed E-state index contributed by atoms with van der Waals surface area (Å²) in [7, 11) is 1.24. The molecule has 0 aliphatic carbocycles. The lowest BCUT2D eigenvalue weighted by Crippen LogP contribution is -2.21. The second kappa shape index (κ2) is 10.3. The Morgan fingerprint density at radius 2 is 1.69 bits per heavy atom. The molecular formula is C23H21ClN2O5S. The van der Waals surface area contributed by atoms with E-state index in [1.165, 1.54) is 7.11 Å². The first-order valence-corrected chi connectivity index (χ1v) is 10.8. The predicted molar refractivity (Wildman–Crippen MR) is 125 cm³/mol. The Hall–Kier alpha value is -3.36. The Bertz CT molecular complexity index is 1160. The Labute approximate surface area is 194 Å². The number of anilines is 2. The van der Waals surface area contributed by atoms with E-state index in [0.717, 1.165) is 16.9 Å². The van der Waals surface area contributed by atoms with Crippen LogP contribution in [0.1, 0.15) is 31.2 Å². The highest BCUT2D eigenvalue weighted by Crippen LogP contribution is 2.34.